The van der Waals surface area contributed by atoms with Gasteiger partial charge in [0.1, 0.15) is 5.82 Å². The number of benzene rings is 2. The number of likely N-dealkylation sites (tertiary alicyclic amines) is 1. The van der Waals surface area contributed by atoms with E-state index >= 15 is 0 Å². The van der Waals surface area contributed by atoms with Crippen LogP contribution in [-0.4, -0.2) is 34.1 Å². The van der Waals surface area contributed by atoms with Crippen LogP contribution in [0.1, 0.15) is 41.1 Å². The SMILES string of the molecule is O=C(c1cccc2cn[nH]c12)N1CCCC(c2ccc(F)cc2)CC1. The molecule has 1 amide bonds. The van der Waals surface area contributed by atoms with Gasteiger partial charge in [0.25, 0.3) is 5.91 Å². The molecule has 128 valence electrons. The Balaban J connectivity index is 1.51. The largest absolute Gasteiger partial charge is 0.339 e. The Morgan fingerprint density at radius 2 is 1.96 bits per heavy atom. The molecule has 1 aliphatic heterocycles. The fourth-order valence-electron chi connectivity index (χ4n) is 3.69. The number of para-hydroxylation sites is 1. The number of amides is 1. The molecule has 5 heteroatoms. The number of aromatic nitrogens is 2. The number of rotatable bonds is 2. The Morgan fingerprint density at radius 1 is 1.12 bits per heavy atom. The zero-order valence-electron chi connectivity index (χ0n) is 13.9. The predicted octanol–water partition coefficient (Wildman–Crippen LogP) is 4.11. The van der Waals surface area contributed by atoms with Crippen molar-refractivity contribution in [3.8, 4) is 0 Å². The Hall–Kier alpha value is -2.69. The van der Waals surface area contributed by atoms with E-state index in [0.717, 1.165) is 42.3 Å². The highest BCUT2D eigenvalue weighted by Gasteiger charge is 2.24. The normalized spacial score (nSPS) is 18.3. The molecular weight excluding hydrogens is 317 g/mol. The van der Waals surface area contributed by atoms with Crippen LogP contribution in [0.25, 0.3) is 10.9 Å². The standard InChI is InChI=1S/C20H20FN3O/c21-17-8-6-15(7-9-17)14-4-2-11-24(12-10-14)20(25)18-5-1-3-16-13-22-23-19(16)18/h1,3,5-9,13-14H,2,4,10-12H2,(H,22,23). The van der Waals surface area contributed by atoms with Gasteiger partial charge in [0.15, 0.2) is 0 Å². The molecule has 0 radical (unpaired) electrons. The summed E-state index contributed by atoms with van der Waals surface area (Å²) in [4.78, 5) is 14.9. The highest BCUT2D eigenvalue weighted by molar-refractivity contribution is 6.05. The molecule has 0 saturated carbocycles. The van der Waals surface area contributed by atoms with Gasteiger partial charge in [-0.1, -0.05) is 24.3 Å². The Kier molecular flexibility index (Phi) is 4.22. The lowest BCUT2D eigenvalue weighted by atomic mass is 9.92. The Labute approximate surface area is 145 Å². The van der Waals surface area contributed by atoms with E-state index in [4.69, 9.17) is 0 Å². The minimum Gasteiger partial charge on any atom is -0.339 e. The van der Waals surface area contributed by atoms with Crippen LogP contribution in [0.15, 0.2) is 48.7 Å². The molecule has 0 spiro atoms. The van der Waals surface area contributed by atoms with Crippen molar-refractivity contribution in [3.63, 3.8) is 0 Å². The summed E-state index contributed by atoms with van der Waals surface area (Å²) in [7, 11) is 0. The smallest absolute Gasteiger partial charge is 0.256 e. The summed E-state index contributed by atoms with van der Waals surface area (Å²) in [6.45, 7) is 1.46. The number of nitrogens with one attached hydrogen (secondary N) is 1. The first-order valence-corrected chi connectivity index (χ1v) is 8.69. The topological polar surface area (TPSA) is 49.0 Å². The maximum absolute atomic E-state index is 13.1. The molecule has 1 aliphatic rings. The van der Waals surface area contributed by atoms with Gasteiger partial charge in [-0.05, 0) is 48.9 Å². The molecular formula is C20H20FN3O. The first-order chi connectivity index (χ1) is 12.2. The van der Waals surface area contributed by atoms with Crippen molar-refractivity contribution in [3.05, 3.63) is 65.6 Å². The fraction of sp³-hybridized carbons (Fsp3) is 0.300. The van der Waals surface area contributed by atoms with E-state index < -0.39 is 0 Å². The minimum absolute atomic E-state index is 0.0506. The van der Waals surface area contributed by atoms with Gasteiger partial charge in [-0.15, -0.1) is 0 Å². The van der Waals surface area contributed by atoms with Crippen molar-refractivity contribution < 1.29 is 9.18 Å². The average Bonchev–Trinajstić information content (AvgIpc) is 2.98. The minimum atomic E-state index is -0.207. The first-order valence-electron chi connectivity index (χ1n) is 8.69. The summed E-state index contributed by atoms with van der Waals surface area (Å²) < 4.78 is 13.1. The third-order valence-electron chi connectivity index (χ3n) is 5.06. The summed E-state index contributed by atoms with van der Waals surface area (Å²) in [5.74, 6) is 0.220. The van der Waals surface area contributed by atoms with Crippen molar-refractivity contribution >= 4 is 16.8 Å². The second kappa shape index (κ2) is 6.67. The van der Waals surface area contributed by atoms with E-state index in [1.807, 2.05) is 35.2 Å². The van der Waals surface area contributed by atoms with Gasteiger partial charge in [0.05, 0.1) is 17.3 Å². The third-order valence-corrected chi connectivity index (χ3v) is 5.06. The predicted molar refractivity (Wildman–Crippen MR) is 95.0 cm³/mol. The van der Waals surface area contributed by atoms with Gasteiger partial charge in [-0.3, -0.25) is 9.89 Å². The molecule has 1 unspecified atom stereocenters. The highest BCUT2D eigenvalue weighted by Crippen LogP contribution is 2.29. The molecule has 1 N–H and O–H groups in total. The molecule has 3 aromatic rings. The van der Waals surface area contributed by atoms with Crippen LogP contribution in [0.3, 0.4) is 0 Å². The number of fused-ring (bicyclic) bond motifs is 1. The van der Waals surface area contributed by atoms with Crippen LogP contribution in [-0.2, 0) is 0 Å². The third kappa shape index (κ3) is 3.14. The zero-order chi connectivity index (χ0) is 17.2. The summed E-state index contributed by atoms with van der Waals surface area (Å²) in [5.41, 5.74) is 2.63. The maximum atomic E-state index is 13.1. The molecule has 0 bridgehead atoms. The van der Waals surface area contributed by atoms with E-state index in [9.17, 15) is 9.18 Å². The van der Waals surface area contributed by atoms with Gasteiger partial charge in [0.2, 0.25) is 0 Å². The van der Waals surface area contributed by atoms with Gasteiger partial charge in [-0.2, -0.15) is 5.10 Å². The van der Waals surface area contributed by atoms with Crippen molar-refractivity contribution in [2.75, 3.05) is 13.1 Å². The first kappa shape index (κ1) is 15.8. The molecule has 4 rings (SSSR count). The number of halogens is 1. The van der Waals surface area contributed by atoms with E-state index in [0.29, 0.717) is 18.0 Å². The number of hydrogen-bond donors (Lipinski definition) is 1. The van der Waals surface area contributed by atoms with Crippen LogP contribution in [0.2, 0.25) is 0 Å². The van der Waals surface area contributed by atoms with Gasteiger partial charge >= 0.3 is 0 Å². The molecule has 1 saturated heterocycles. The van der Waals surface area contributed by atoms with Crippen LogP contribution < -0.4 is 0 Å². The van der Waals surface area contributed by atoms with Crippen molar-refractivity contribution in [1.29, 1.82) is 0 Å². The molecule has 2 aromatic carbocycles. The maximum Gasteiger partial charge on any atom is 0.256 e. The number of carbonyl (C=O) groups is 1. The van der Waals surface area contributed by atoms with Crippen molar-refractivity contribution in [1.82, 2.24) is 15.1 Å². The fourth-order valence-corrected chi connectivity index (χ4v) is 3.69. The molecule has 25 heavy (non-hydrogen) atoms. The molecule has 1 aromatic heterocycles. The summed E-state index contributed by atoms with van der Waals surface area (Å²) in [5, 5.41) is 7.92. The lowest BCUT2D eigenvalue weighted by molar-refractivity contribution is 0.0763. The van der Waals surface area contributed by atoms with Crippen LogP contribution >= 0.6 is 0 Å². The summed E-state index contributed by atoms with van der Waals surface area (Å²) in [6, 6.07) is 12.5. The van der Waals surface area contributed by atoms with Gasteiger partial charge in [-0.25, -0.2) is 4.39 Å². The molecule has 0 aliphatic carbocycles. The number of nitrogens with zero attached hydrogens (tertiary/aromatic N) is 2. The van der Waals surface area contributed by atoms with Crippen molar-refractivity contribution in [2.45, 2.75) is 25.2 Å². The van der Waals surface area contributed by atoms with Crippen LogP contribution in [0.5, 0.6) is 0 Å². The number of H-pyrrole nitrogens is 1. The van der Waals surface area contributed by atoms with Crippen molar-refractivity contribution in [2.24, 2.45) is 0 Å². The van der Waals surface area contributed by atoms with E-state index in [1.165, 1.54) is 12.1 Å². The number of hydrogen-bond acceptors (Lipinski definition) is 2. The quantitative estimate of drug-likeness (QED) is 0.765. The van der Waals surface area contributed by atoms with E-state index in [1.54, 1.807) is 6.20 Å². The van der Waals surface area contributed by atoms with E-state index in [2.05, 4.69) is 10.2 Å². The molecule has 1 fully saturated rings. The lowest BCUT2D eigenvalue weighted by Gasteiger charge is -2.21. The molecule has 2 heterocycles. The lowest BCUT2D eigenvalue weighted by Crippen LogP contribution is -2.32. The second-order valence-corrected chi connectivity index (χ2v) is 6.61. The summed E-state index contributed by atoms with van der Waals surface area (Å²) >= 11 is 0. The molecule has 1 atom stereocenters. The highest BCUT2D eigenvalue weighted by atomic mass is 19.1. The van der Waals surface area contributed by atoms with Crippen LogP contribution in [0, 0.1) is 5.82 Å². The second-order valence-electron chi connectivity index (χ2n) is 6.61. The van der Waals surface area contributed by atoms with Crippen LogP contribution in [0.4, 0.5) is 4.39 Å². The monoisotopic (exact) mass is 337 g/mol. The zero-order valence-corrected chi connectivity index (χ0v) is 13.9. The average molecular weight is 337 g/mol. The Morgan fingerprint density at radius 3 is 2.80 bits per heavy atom. The molecule has 4 nitrogen and oxygen atoms in total. The summed E-state index contributed by atoms with van der Waals surface area (Å²) in [6.07, 6.45) is 4.60. The van der Waals surface area contributed by atoms with E-state index in [-0.39, 0.29) is 11.7 Å². The van der Waals surface area contributed by atoms with Gasteiger partial charge in [0, 0.05) is 18.5 Å². The number of carbonyl (C=O) groups excluding carboxylic acids is 1. The Bertz CT molecular complexity index is 887. The van der Waals surface area contributed by atoms with Gasteiger partial charge < -0.3 is 4.90 Å². The number of aromatic amines is 1.